The monoisotopic (exact) mass is 479 g/mol. The Hall–Kier alpha value is -4.00. The van der Waals surface area contributed by atoms with E-state index in [-0.39, 0.29) is 37.5 Å². The molecule has 5 amide bonds. The molecule has 0 aromatic heterocycles. The first-order valence-corrected chi connectivity index (χ1v) is 10.4. The largest absolute Gasteiger partial charge is 0.504 e. The zero-order valence-corrected chi connectivity index (χ0v) is 18.6. The van der Waals surface area contributed by atoms with Gasteiger partial charge in [0.1, 0.15) is 12.3 Å². The smallest absolute Gasteiger partial charge is 0.252 e. The number of imide groups is 1. The number of carbonyl (C=O) groups is 6. The summed E-state index contributed by atoms with van der Waals surface area (Å²) in [5, 5.41) is 21.6. The molecule has 186 valence electrons. The SMILES string of the molecule is CCC(=O)N[C@@H](CCC(N)=O)C(=O)N(C(=O)[C@@H](N)CC(N)=O)[C@H](C=O)Cc1ccc(O)c(O)c1. The molecule has 13 nitrogen and oxygen atoms in total. The Balaban J connectivity index is 3.42. The lowest BCUT2D eigenvalue weighted by Gasteiger charge is -2.32. The zero-order valence-electron chi connectivity index (χ0n) is 18.6. The lowest BCUT2D eigenvalue weighted by Crippen LogP contribution is -2.59. The Morgan fingerprint density at radius 2 is 1.71 bits per heavy atom. The van der Waals surface area contributed by atoms with Gasteiger partial charge in [-0.2, -0.15) is 0 Å². The molecule has 1 aromatic carbocycles. The summed E-state index contributed by atoms with van der Waals surface area (Å²) < 4.78 is 0. The van der Waals surface area contributed by atoms with Crippen LogP contribution in [-0.2, 0) is 35.2 Å². The van der Waals surface area contributed by atoms with E-state index >= 15 is 0 Å². The minimum absolute atomic E-state index is 0.0145. The number of aldehydes is 1. The summed E-state index contributed by atoms with van der Waals surface area (Å²) in [7, 11) is 0. The average Bonchev–Trinajstić information content (AvgIpc) is 2.77. The average molecular weight is 479 g/mol. The Labute approximate surface area is 195 Å². The number of primary amides is 2. The number of rotatable bonds is 13. The van der Waals surface area contributed by atoms with Crippen LogP contribution in [0.4, 0.5) is 0 Å². The van der Waals surface area contributed by atoms with Crippen LogP contribution in [0.5, 0.6) is 11.5 Å². The van der Waals surface area contributed by atoms with Gasteiger partial charge >= 0.3 is 0 Å². The van der Waals surface area contributed by atoms with Crippen LogP contribution in [-0.4, -0.2) is 69.1 Å². The summed E-state index contributed by atoms with van der Waals surface area (Å²) in [5.74, 6) is -5.34. The second-order valence-electron chi connectivity index (χ2n) is 7.53. The predicted molar refractivity (Wildman–Crippen MR) is 118 cm³/mol. The first kappa shape index (κ1) is 28.0. The van der Waals surface area contributed by atoms with Crippen molar-refractivity contribution in [2.24, 2.45) is 17.2 Å². The molecule has 0 saturated carbocycles. The van der Waals surface area contributed by atoms with Gasteiger partial charge in [-0.05, 0) is 24.1 Å². The first-order chi connectivity index (χ1) is 15.9. The number of nitrogens with one attached hydrogen (secondary N) is 1. The molecule has 0 bridgehead atoms. The van der Waals surface area contributed by atoms with Crippen molar-refractivity contribution in [1.82, 2.24) is 10.2 Å². The number of hydrogen-bond donors (Lipinski definition) is 6. The third-order valence-corrected chi connectivity index (χ3v) is 4.82. The van der Waals surface area contributed by atoms with Crippen molar-refractivity contribution < 1.29 is 39.0 Å². The molecule has 0 saturated heterocycles. The maximum atomic E-state index is 13.4. The fraction of sp³-hybridized carbons (Fsp3) is 0.429. The van der Waals surface area contributed by atoms with Crippen LogP contribution >= 0.6 is 0 Å². The van der Waals surface area contributed by atoms with Gasteiger partial charge in [-0.15, -0.1) is 0 Å². The van der Waals surface area contributed by atoms with Gasteiger partial charge in [0.2, 0.25) is 23.6 Å². The minimum atomic E-state index is -1.57. The van der Waals surface area contributed by atoms with Crippen LogP contribution < -0.4 is 22.5 Å². The van der Waals surface area contributed by atoms with Crippen LogP contribution in [0.2, 0.25) is 0 Å². The lowest BCUT2D eigenvalue weighted by atomic mass is 10.0. The van der Waals surface area contributed by atoms with Crippen molar-refractivity contribution in [3.63, 3.8) is 0 Å². The molecule has 1 rings (SSSR count). The maximum absolute atomic E-state index is 13.4. The van der Waals surface area contributed by atoms with Crippen LogP contribution in [0.25, 0.3) is 0 Å². The molecule has 0 aliphatic heterocycles. The van der Waals surface area contributed by atoms with Gasteiger partial charge in [-0.1, -0.05) is 13.0 Å². The fourth-order valence-corrected chi connectivity index (χ4v) is 3.06. The summed E-state index contributed by atoms with van der Waals surface area (Å²) >= 11 is 0. The van der Waals surface area contributed by atoms with E-state index in [1.807, 2.05) is 0 Å². The number of benzene rings is 1. The lowest BCUT2D eigenvalue weighted by molar-refractivity contribution is -0.153. The Morgan fingerprint density at radius 3 is 2.21 bits per heavy atom. The van der Waals surface area contributed by atoms with E-state index < -0.39 is 65.6 Å². The number of hydrogen-bond acceptors (Lipinski definition) is 9. The molecule has 3 atom stereocenters. The van der Waals surface area contributed by atoms with Crippen LogP contribution in [0, 0.1) is 0 Å². The molecule has 9 N–H and O–H groups in total. The van der Waals surface area contributed by atoms with Gasteiger partial charge in [-0.3, -0.25) is 28.9 Å². The number of aromatic hydroxyl groups is 2. The molecule has 0 aliphatic rings. The van der Waals surface area contributed by atoms with Gasteiger partial charge in [0, 0.05) is 19.3 Å². The molecular formula is C21H29N5O8. The van der Waals surface area contributed by atoms with Crippen molar-refractivity contribution >= 4 is 35.8 Å². The van der Waals surface area contributed by atoms with Gasteiger partial charge in [0.05, 0.1) is 18.5 Å². The third kappa shape index (κ3) is 8.16. The molecule has 0 spiro atoms. The summed E-state index contributed by atoms with van der Waals surface area (Å²) in [6.45, 7) is 1.52. The Morgan fingerprint density at radius 1 is 1.06 bits per heavy atom. The van der Waals surface area contributed by atoms with E-state index in [9.17, 15) is 39.0 Å². The number of nitrogens with zero attached hydrogens (tertiary/aromatic N) is 1. The molecule has 13 heteroatoms. The topological polar surface area (TPSA) is 236 Å². The molecular weight excluding hydrogens is 450 g/mol. The highest BCUT2D eigenvalue weighted by Crippen LogP contribution is 2.26. The summed E-state index contributed by atoms with van der Waals surface area (Å²) in [6, 6.07) is -0.818. The van der Waals surface area contributed by atoms with Gasteiger partial charge in [0.15, 0.2) is 11.5 Å². The Bertz CT molecular complexity index is 951. The fourth-order valence-electron chi connectivity index (χ4n) is 3.06. The third-order valence-electron chi connectivity index (χ3n) is 4.82. The maximum Gasteiger partial charge on any atom is 0.252 e. The van der Waals surface area contributed by atoms with Crippen molar-refractivity contribution in [1.29, 1.82) is 0 Å². The summed E-state index contributed by atoms with van der Waals surface area (Å²) in [6.07, 6.45) is -1.22. The second-order valence-corrected chi connectivity index (χ2v) is 7.53. The minimum Gasteiger partial charge on any atom is -0.504 e. The van der Waals surface area contributed by atoms with Crippen LogP contribution in [0.1, 0.15) is 38.2 Å². The quantitative estimate of drug-likeness (QED) is 0.134. The highest BCUT2D eigenvalue weighted by Gasteiger charge is 2.37. The normalized spacial score (nSPS) is 13.2. The standard InChI is InChI=1S/C21H29N5O8/c1-2-19(32)25-14(4-6-17(23)30)21(34)26(20(33)13(22)9-18(24)31)12(10-27)7-11-3-5-15(28)16(29)8-11/h3,5,8,10,12-14,28-29H,2,4,6-7,9,22H2,1H3,(H2,23,30)(H2,24,31)(H,25,32)/t12-,13-,14-/m0/s1. The van der Waals surface area contributed by atoms with E-state index in [2.05, 4.69) is 5.32 Å². The molecule has 0 radical (unpaired) electrons. The van der Waals surface area contributed by atoms with E-state index in [4.69, 9.17) is 17.2 Å². The molecule has 34 heavy (non-hydrogen) atoms. The van der Waals surface area contributed by atoms with Crippen LogP contribution in [0.15, 0.2) is 18.2 Å². The van der Waals surface area contributed by atoms with Crippen molar-refractivity contribution in [3.8, 4) is 11.5 Å². The molecule has 1 aromatic rings. The zero-order chi connectivity index (χ0) is 26.0. The summed E-state index contributed by atoms with van der Waals surface area (Å²) in [5.41, 5.74) is 16.2. The van der Waals surface area contributed by atoms with E-state index in [1.54, 1.807) is 0 Å². The highest BCUT2D eigenvalue weighted by molar-refractivity contribution is 6.04. The predicted octanol–water partition coefficient (Wildman–Crippen LogP) is -2.07. The molecule has 0 unspecified atom stereocenters. The van der Waals surface area contributed by atoms with Crippen molar-refractivity contribution in [3.05, 3.63) is 23.8 Å². The molecule has 0 aliphatic carbocycles. The van der Waals surface area contributed by atoms with Crippen molar-refractivity contribution in [2.45, 2.75) is 57.2 Å². The summed E-state index contributed by atoms with van der Waals surface area (Å²) in [4.78, 5) is 73.4. The van der Waals surface area contributed by atoms with E-state index in [1.165, 1.54) is 13.0 Å². The van der Waals surface area contributed by atoms with Gasteiger partial charge in [0.25, 0.3) is 5.91 Å². The number of phenols is 2. The highest BCUT2D eigenvalue weighted by atomic mass is 16.3. The Kier molecular flexibility index (Phi) is 10.6. The second kappa shape index (κ2) is 12.9. The van der Waals surface area contributed by atoms with E-state index in [0.29, 0.717) is 4.90 Å². The van der Waals surface area contributed by atoms with Gasteiger partial charge in [-0.25, -0.2) is 0 Å². The van der Waals surface area contributed by atoms with Crippen molar-refractivity contribution in [2.75, 3.05) is 0 Å². The first-order valence-electron chi connectivity index (χ1n) is 10.4. The van der Waals surface area contributed by atoms with Gasteiger partial charge < -0.3 is 37.5 Å². The number of nitrogens with two attached hydrogens (primary N) is 3. The molecule has 0 heterocycles. The number of carbonyl (C=O) groups excluding carboxylic acids is 6. The molecule has 0 fully saturated rings. The number of amides is 5. The van der Waals surface area contributed by atoms with Crippen LogP contribution in [0.3, 0.4) is 0 Å². The number of phenolic OH excluding ortho intramolecular Hbond substituents is 2. The van der Waals surface area contributed by atoms with E-state index in [0.717, 1.165) is 12.1 Å².